The molecule has 0 aliphatic carbocycles. The average Bonchev–Trinajstić information content (AvgIpc) is 2.32. The van der Waals surface area contributed by atoms with Gasteiger partial charge in [0.05, 0.1) is 0 Å². The molecule has 0 spiro atoms. The van der Waals surface area contributed by atoms with Crippen LogP contribution in [-0.2, 0) is 4.74 Å². The number of Topliss-reactive ketones (excluding diaryl/α,β-unsaturated/α-hetero) is 1. The smallest absolute Gasteiger partial charge is 0.191 e. The number of hydrogen-bond acceptors (Lipinski definition) is 2. The quantitative estimate of drug-likeness (QED) is 0.554. The molecule has 0 fully saturated rings. The van der Waals surface area contributed by atoms with Crippen LogP contribution in [0, 0.1) is 13.8 Å². The lowest BCUT2D eigenvalue weighted by atomic mass is 10.0. The average molecular weight is 234 g/mol. The second-order valence-electron chi connectivity index (χ2n) is 4.53. The van der Waals surface area contributed by atoms with Crippen LogP contribution in [0.4, 0.5) is 0 Å². The zero-order valence-corrected chi connectivity index (χ0v) is 11.2. The molecule has 1 unspecified atom stereocenters. The Morgan fingerprint density at radius 2 is 2.00 bits per heavy atom. The van der Waals surface area contributed by atoms with Crippen LogP contribution in [0.2, 0.25) is 0 Å². The summed E-state index contributed by atoms with van der Waals surface area (Å²) in [4.78, 5) is 12.1. The number of hydrogen-bond donors (Lipinski definition) is 0. The summed E-state index contributed by atoms with van der Waals surface area (Å²) in [5.41, 5.74) is 3.11. The van der Waals surface area contributed by atoms with E-state index in [-0.39, 0.29) is 11.9 Å². The molecule has 2 nitrogen and oxygen atoms in total. The Balaban J connectivity index is 2.65. The summed E-state index contributed by atoms with van der Waals surface area (Å²) >= 11 is 0. The maximum Gasteiger partial charge on any atom is 0.191 e. The predicted molar refractivity (Wildman–Crippen MR) is 70.6 cm³/mol. The van der Waals surface area contributed by atoms with Crippen molar-refractivity contribution in [2.45, 2.75) is 46.6 Å². The van der Waals surface area contributed by atoms with Crippen LogP contribution in [0.25, 0.3) is 0 Å². The zero-order chi connectivity index (χ0) is 12.8. The molecule has 0 saturated carbocycles. The van der Waals surface area contributed by atoms with Gasteiger partial charge in [0.15, 0.2) is 5.78 Å². The summed E-state index contributed by atoms with van der Waals surface area (Å²) in [6.45, 7) is 8.67. The fraction of sp³-hybridized carbons (Fsp3) is 0.533. The Morgan fingerprint density at radius 1 is 1.29 bits per heavy atom. The topological polar surface area (TPSA) is 26.3 Å². The summed E-state index contributed by atoms with van der Waals surface area (Å²) < 4.78 is 5.52. The van der Waals surface area contributed by atoms with Gasteiger partial charge < -0.3 is 4.74 Å². The van der Waals surface area contributed by atoms with Crippen molar-refractivity contribution in [1.82, 2.24) is 0 Å². The SMILES string of the molecule is CCCCOC(C)C(=O)c1ccc(C)c(C)c1. The molecule has 0 aromatic heterocycles. The van der Waals surface area contributed by atoms with Crippen molar-refractivity contribution in [3.05, 3.63) is 34.9 Å². The molecule has 1 rings (SSSR count). The molecule has 1 aromatic carbocycles. The highest BCUT2D eigenvalue weighted by Gasteiger charge is 2.15. The van der Waals surface area contributed by atoms with Crippen LogP contribution in [0.5, 0.6) is 0 Å². The minimum atomic E-state index is -0.344. The lowest BCUT2D eigenvalue weighted by Crippen LogP contribution is -2.21. The van der Waals surface area contributed by atoms with Gasteiger partial charge in [0.25, 0.3) is 0 Å². The molecule has 0 amide bonds. The molecule has 0 saturated heterocycles. The van der Waals surface area contributed by atoms with Crippen molar-refractivity contribution in [3.8, 4) is 0 Å². The lowest BCUT2D eigenvalue weighted by Gasteiger charge is -2.12. The van der Waals surface area contributed by atoms with E-state index in [4.69, 9.17) is 4.74 Å². The van der Waals surface area contributed by atoms with Gasteiger partial charge in [-0.25, -0.2) is 0 Å². The summed E-state index contributed by atoms with van der Waals surface area (Å²) in [6, 6.07) is 5.81. The van der Waals surface area contributed by atoms with Gasteiger partial charge in [0.1, 0.15) is 6.10 Å². The van der Waals surface area contributed by atoms with Gasteiger partial charge in [0, 0.05) is 12.2 Å². The number of carbonyl (C=O) groups is 1. The van der Waals surface area contributed by atoms with Gasteiger partial charge in [-0.2, -0.15) is 0 Å². The summed E-state index contributed by atoms with van der Waals surface area (Å²) in [5.74, 6) is 0.0733. The molecule has 1 atom stereocenters. The molecule has 0 aliphatic rings. The highest BCUT2D eigenvalue weighted by atomic mass is 16.5. The number of rotatable bonds is 6. The molecular weight excluding hydrogens is 212 g/mol. The van der Waals surface area contributed by atoms with Crippen LogP contribution in [-0.4, -0.2) is 18.5 Å². The van der Waals surface area contributed by atoms with E-state index in [1.807, 2.05) is 39.0 Å². The van der Waals surface area contributed by atoms with Gasteiger partial charge in [-0.05, 0) is 44.4 Å². The fourth-order valence-electron chi connectivity index (χ4n) is 1.61. The number of ketones is 1. The molecular formula is C15H22O2. The third-order valence-electron chi connectivity index (χ3n) is 3.03. The second-order valence-corrected chi connectivity index (χ2v) is 4.53. The largest absolute Gasteiger partial charge is 0.370 e. The predicted octanol–water partition coefficient (Wildman–Crippen LogP) is 3.69. The molecule has 0 heterocycles. The van der Waals surface area contributed by atoms with Crippen molar-refractivity contribution in [1.29, 1.82) is 0 Å². The normalized spacial score (nSPS) is 12.5. The first-order valence-corrected chi connectivity index (χ1v) is 6.29. The van der Waals surface area contributed by atoms with E-state index >= 15 is 0 Å². The number of unbranched alkanes of at least 4 members (excludes halogenated alkanes) is 1. The highest BCUT2D eigenvalue weighted by molar-refractivity contribution is 5.99. The van der Waals surface area contributed by atoms with Gasteiger partial charge in [-0.15, -0.1) is 0 Å². The third kappa shape index (κ3) is 3.97. The van der Waals surface area contributed by atoms with Gasteiger partial charge in [0.2, 0.25) is 0 Å². The van der Waals surface area contributed by atoms with E-state index in [0.717, 1.165) is 24.0 Å². The number of ether oxygens (including phenoxy) is 1. The van der Waals surface area contributed by atoms with Gasteiger partial charge in [-0.1, -0.05) is 25.5 Å². The van der Waals surface area contributed by atoms with Crippen LogP contribution in [0.1, 0.15) is 48.2 Å². The summed E-state index contributed by atoms with van der Waals surface area (Å²) in [7, 11) is 0. The monoisotopic (exact) mass is 234 g/mol. The molecule has 0 radical (unpaired) electrons. The van der Waals surface area contributed by atoms with Crippen molar-refractivity contribution in [3.63, 3.8) is 0 Å². The van der Waals surface area contributed by atoms with Crippen LogP contribution in [0.15, 0.2) is 18.2 Å². The Bertz CT molecular complexity index is 383. The molecule has 0 aliphatic heterocycles. The van der Waals surface area contributed by atoms with E-state index in [1.54, 1.807) is 0 Å². The minimum Gasteiger partial charge on any atom is -0.370 e. The number of aryl methyl sites for hydroxylation is 2. The summed E-state index contributed by atoms with van der Waals surface area (Å²) in [5, 5.41) is 0. The third-order valence-corrected chi connectivity index (χ3v) is 3.03. The van der Waals surface area contributed by atoms with Crippen molar-refractivity contribution >= 4 is 5.78 Å². The lowest BCUT2D eigenvalue weighted by molar-refractivity contribution is 0.0468. The van der Waals surface area contributed by atoms with E-state index in [2.05, 4.69) is 6.92 Å². The Morgan fingerprint density at radius 3 is 2.59 bits per heavy atom. The first-order chi connectivity index (χ1) is 8.06. The van der Waals surface area contributed by atoms with Gasteiger partial charge in [-0.3, -0.25) is 4.79 Å². The van der Waals surface area contributed by atoms with Crippen LogP contribution in [0.3, 0.4) is 0 Å². The molecule has 1 aromatic rings. The van der Waals surface area contributed by atoms with Crippen LogP contribution < -0.4 is 0 Å². The maximum absolute atomic E-state index is 12.1. The van der Waals surface area contributed by atoms with Gasteiger partial charge >= 0.3 is 0 Å². The Labute approximate surface area is 104 Å². The molecule has 0 bridgehead atoms. The standard InChI is InChI=1S/C15H22O2/c1-5-6-9-17-13(4)15(16)14-8-7-11(2)12(3)10-14/h7-8,10,13H,5-6,9H2,1-4H3. The van der Waals surface area contributed by atoms with E-state index in [0.29, 0.717) is 6.61 Å². The van der Waals surface area contributed by atoms with Crippen molar-refractivity contribution < 1.29 is 9.53 Å². The Kier molecular flexibility index (Phi) is 5.36. The fourth-order valence-corrected chi connectivity index (χ4v) is 1.61. The zero-order valence-electron chi connectivity index (χ0n) is 11.2. The molecule has 94 valence electrons. The van der Waals surface area contributed by atoms with Crippen molar-refractivity contribution in [2.75, 3.05) is 6.61 Å². The number of carbonyl (C=O) groups excluding carboxylic acids is 1. The van der Waals surface area contributed by atoms with Crippen molar-refractivity contribution in [2.24, 2.45) is 0 Å². The first-order valence-electron chi connectivity index (χ1n) is 6.29. The highest BCUT2D eigenvalue weighted by Crippen LogP contribution is 2.13. The van der Waals surface area contributed by atoms with E-state index in [1.165, 1.54) is 5.56 Å². The van der Waals surface area contributed by atoms with Crippen LogP contribution >= 0.6 is 0 Å². The molecule has 2 heteroatoms. The van der Waals surface area contributed by atoms with E-state index < -0.39 is 0 Å². The molecule has 0 N–H and O–H groups in total. The first kappa shape index (κ1) is 13.9. The minimum absolute atomic E-state index is 0.0733. The Hall–Kier alpha value is -1.15. The molecule has 17 heavy (non-hydrogen) atoms. The second kappa shape index (κ2) is 6.55. The number of benzene rings is 1. The summed E-state index contributed by atoms with van der Waals surface area (Å²) in [6.07, 6.45) is 1.75. The maximum atomic E-state index is 12.1. The van der Waals surface area contributed by atoms with E-state index in [9.17, 15) is 4.79 Å².